The van der Waals surface area contributed by atoms with Crippen molar-refractivity contribution in [3.63, 3.8) is 0 Å². The smallest absolute Gasteiger partial charge is 0.253 e. The fourth-order valence-electron chi connectivity index (χ4n) is 2.00. The molecule has 1 unspecified atom stereocenters. The lowest BCUT2D eigenvalue weighted by atomic mass is 10.1. The van der Waals surface area contributed by atoms with Gasteiger partial charge in [0.05, 0.1) is 11.7 Å². The van der Waals surface area contributed by atoms with Gasteiger partial charge >= 0.3 is 0 Å². The minimum Gasteiger partial charge on any atom is -0.398 e. The van der Waals surface area contributed by atoms with Gasteiger partial charge in [0.25, 0.3) is 5.91 Å². The second kappa shape index (κ2) is 6.07. The second-order valence-corrected chi connectivity index (χ2v) is 4.87. The van der Waals surface area contributed by atoms with Gasteiger partial charge < -0.3 is 15.8 Å². The van der Waals surface area contributed by atoms with Crippen LogP contribution in [0, 0.1) is 0 Å². The zero-order valence-electron chi connectivity index (χ0n) is 10.1. The molecule has 1 saturated heterocycles. The molecule has 2 rings (SSSR count). The zero-order valence-corrected chi connectivity index (χ0v) is 10.9. The van der Waals surface area contributed by atoms with E-state index in [1.54, 1.807) is 18.2 Å². The van der Waals surface area contributed by atoms with Crippen molar-refractivity contribution in [2.75, 3.05) is 18.9 Å². The van der Waals surface area contributed by atoms with E-state index in [1.807, 2.05) is 0 Å². The maximum Gasteiger partial charge on any atom is 0.253 e. The van der Waals surface area contributed by atoms with Crippen molar-refractivity contribution >= 4 is 23.2 Å². The summed E-state index contributed by atoms with van der Waals surface area (Å²) in [7, 11) is 0. The van der Waals surface area contributed by atoms with Gasteiger partial charge in [-0.05, 0) is 37.5 Å². The van der Waals surface area contributed by atoms with Crippen molar-refractivity contribution in [1.82, 2.24) is 5.32 Å². The van der Waals surface area contributed by atoms with Crippen molar-refractivity contribution in [2.45, 2.75) is 25.4 Å². The highest BCUT2D eigenvalue weighted by molar-refractivity contribution is 6.31. The van der Waals surface area contributed by atoms with Gasteiger partial charge in [0.2, 0.25) is 0 Å². The molecule has 98 valence electrons. The van der Waals surface area contributed by atoms with Gasteiger partial charge in [-0.25, -0.2) is 0 Å². The van der Waals surface area contributed by atoms with Crippen LogP contribution in [0.5, 0.6) is 0 Å². The van der Waals surface area contributed by atoms with E-state index >= 15 is 0 Å². The minimum atomic E-state index is -0.204. The molecule has 3 N–H and O–H groups in total. The molecule has 1 amide bonds. The summed E-state index contributed by atoms with van der Waals surface area (Å²) in [5.74, 6) is -0.204. The van der Waals surface area contributed by atoms with Gasteiger partial charge in [0.15, 0.2) is 0 Å². The van der Waals surface area contributed by atoms with Gasteiger partial charge in [-0.3, -0.25) is 4.79 Å². The minimum absolute atomic E-state index is 0.114. The van der Waals surface area contributed by atoms with Crippen molar-refractivity contribution in [3.05, 3.63) is 28.8 Å². The Morgan fingerprint density at radius 2 is 2.33 bits per heavy atom. The Bertz CT molecular complexity index is 431. The molecule has 0 saturated carbocycles. The average molecular weight is 269 g/mol. The van der Waals surface area contributed by atoms with Crippen molar-refractivity contribution < 1.29 is 9.53 Å². The largest absolute Gasteiger partial charge is 0.398 e. The molecular formula is C13H17ClN2O2. The van der Waals surface area contributed by atoms with E-state index in [1.165, 1.54) is 0 Å². The molecule has 5 heteroatoms. The monoisotopic (exact) mass is 268 g/mol. The molecule has 0 aliphatic carbocycles. The Morgan fingerprint density at radius 1 is 1.50 bits per heavy atom. The standard InChI is InChI=1S/C13H17ClN2O2/c14-9-4-5-12(15)11(7-9)13(17)16-8-10-3-1-2-6-18-10/h4-5,7,10H,1-3,6,8,15H2,(H,16,17). The number of hydrogen-bond donors (Lipinski definition) is 2. The van der Waals surface area contributed by atoms with Gasteiger partial charge in [-0.1, -0.05) is 11.6 Å². The molecule has 4 nitrogen and oxygen atoms in total. The predicted molar refractivity (Wildman–Crippen MR) is 71.8 cm³/mol. The van der Waals surface area contributed by atoms with Crippen molar-refractivity contribution in [3.8, 4) is 0 Å². The quantitative estimate of drug-likeness (QED) is 0.826. The molecule has 0 aromatic heterocycles. The highest BCUT2D eigenvalue weighted by Crippen LogP contribution is 2.18. The first-order chi connectivity index (χ1) is 8.66. The molecule has 1 heterocycles. The van der Waals surface area contributed by atoms with E-state index in [2.05, 4.69) is 5.32 Å². The maximum atomic E-state index is 12.0. The number of carbonyl (C=O) groups is 1. The predicted octanol–water partition coefficient (Wildman–Crippen LogP) is 2.22. The Hall–Kier alpha value is -1.26. The topological polar surface area (TPSA) is 64.4 Å². The Kier molecular flexibility index (Phi) is 4.44. The Morgan fingerprint density at radius 3 is 3.06 bits per heavy atom. The first-order valence-electron chi connectivity index (χ1n) is 6.11. The van der Waals surface area contributed by atoms with E-state index in [0.29, 0.717) is 22.8 Å². The van der Waals surface area contributed by atoms with Crippen LogP contribution < -0.4 is 11.1 Å². The molecule has 0 bridgehead atoms. The zero-order chi connectivity index (χ0) is 13.0. The average Bonchev–Trinajstić information content (AvgIpc) is 2.40. The first-order valence-corrected chi connectivity index (χ1v) is 6.49. The number of nitrogen functional groups attached to an aromatic ring is 1. The lowest BCUT2D eigenvalue weighted by Crippen LogP contribution is -2.35. The van der Waals surface area contributed by atoms with Gasteiger partial charge in [0, 0.05) is 23.9 Å². The summed E-state index contributed by atoms with van der Waals surface area (Å²) in [6.07, 6.45) is 3.36. The molecule has 1 atom stereocenters. The van der Waals surface area contributed by atoms with Crippen LogP contribution in [0.1, 0.15) is 29.6 Å². The molecule has 1 aliphatic rings. The number of anilines is 1. The van der Waals surface area contributed by atoms with Crippen LogP contribution in [0.2, 0.25) is 5.02 Å². The molecule has 0 spiro atoms. The van der Waals surface area contributed by atoms with E-state index in [4.69, 9.17) is 22.1 Å². The third-order valence-electron chi connectivity index (χ3n) is 3.02. The number of nitrogens with one attached hydrogen (secondary N) is 1. The van der Waals surface area contributed by atoms with Crippen LogP contribution in [-0.2, 0) is 4.74 Å². The number of benzene rings is 1. The second-order valence-electron chi connectivity index (χ2n) is 4.43. The molecule has 1 aromatic rings. The molecule has 1 aromatic carbocycles. The Labute approximate surface area is 111 Å². The molecule has 0 radical (unpaired) electrons. The van der Waals surface area contributed by atoms with Gasteiger partial charge in [-0.2, -0.15) is 0 Å². The van der Waals surface area contributed by atoms with Crippen LogP contribution in [0.15, 0.2) is 18.2 Å². The fourth-order valence-corrected chi connectivity index (χ4v) is 2.17. The summed E-state index contributed by atoms with van der Waals surface area (Å²) in [5, 5.41) is 3.34. The van der Waals surface area contributed by atoms with E-state index in [0.717, 1.165) is 25.9 Å². The number of ether oxygens (including phenoxy) is 1. The molecule has 1 fully saturated rings. The Balaban J connectivity index is 1.92. The third kappa shape index (κ3) is 3.37. The molecular weight excluding hydrogens is 252 g/mol. The molecule has 1 aliphatic heterocycles. The summed E-state index contributed by atoms with van der Waals surface area (Å²) < 4.78 is 5.55. The summed E-state index contributed by atoms with van der Waals surface area (Å²) in [5.41, 5.74) is 6.60. The highest BCUT2D eigenvalue weighted by Gasteiger charge is 2.16. The summed E-state index contributed by atoms with van der Waals surface area (Å²) in [4.78, 5) is 12.0. The maximum absolute atomic E-state index is 12.0. The van der Waals surface area contributed by atoms with Crippen LogP contribution in [0.3, 0.4) is 0 Å². The van der Waals surface area contributed by atoms with E-state index < -0.39 is 0 Å². The number of halogens is 1. The van der Waals surface area contributed by atoms with Crippen LogP contribution in [0.25, 0.3) is 0 Å². The summed E-state index contributed by atoms with van der Waals surface area (Å²) >= 11 is 5.85. The SMILES string of the molecule is Nc1ccc(Cl)cc1C(=O)NCC1CCCCO1. The number of amides is 1. The van der Waals surface area contributed by atoms with Crippen molar-refractivity contribution in [2.24, 2.45) is 0 Å². The highest BCUT2D eigenvalue weighted by atomic mass is 35.5. The number of nitrogens with two attached hydrogens (primary N) is 1. The van der Waals surface area contributed by atoms with Crippen LogP contribution >= 0.6 is 11.6 Å². The fraction of sp³-hybridized carbons (Fsp3) is 0.462. The van der Waals surface area contributed by atoms with Gasteiger partial charge in [0.1, 0.15) is 0 Å². The number of rotatable bonds is 3. The number of hydrogen-bond acceptors (Lipinski definition) is 3. The summed E-state index contributed by atoms with van der Waals surface area (Å²) in [6, 6.07) is 4.88. The third-order valence-corrected chi connectivity index (χ3v) is 3.26. The lowest BCUT2D eigenvalue weighted by Gasteiger charge is -2.22. The van der Waals surface area contributed by atoms with Crippen molar-refractivity contribution in [1.29, 1.82) is 0 Å². The summed E-state index contributed by atoms with van der Waals surface area (Å²) in [6.45, 7) is 1.30. The van der Waals surface area contributed by atoms with E-state index in [9.17, 15) is 4.79 Å². The normalized spacial score (nSPS) is 19.5. The van der Waals surface area contributed by atoms with Gasteiger partial charge in [-0.15, -0.1) is 0 Å². The lowest BCUT2D eigenvalue weighted by molar-refractivity contribution is 0.0169. The van der Waals surface area contributed by atoms with E-state index in [-0.39, 0.29) is 12.0 Å². The number of carbonyl (C=O) groups excluding carboxylic acids is 1. The molecule has 18 heavy (non-hydrogen) atoms. The first kappa shape index (κ1) is 13.2. The van der Waals surface area contributed by atoms with Crippen LogP contribution in [-0.4, -0.2) is 25.2 Å². The van der Waals surface area contributed by atoms with Crippen LogP contribution in [0.4, 0.5) is 5.69 Å².